The lowest BCUT2D eigenvalue weighted by Crippen LogP contribution is -2.26. The van der Waals surface area contributed by atoms with Gasteiger partial charge in [-0.1, -0.05) is 36.1 Å². The molecule has 0 aliphatic carbocycles. The Bertz CT molecular complexity index is 892. The topological polar surface area (TPSA) is 42.0 Å². The van der Waals surface area contributed by atoms with Crippen LogP contribution in [-0.2, 0) is 0 Å². The van der Waals surface area contributed by atoms with Crippen LogP contribution in [0.25, 0.3) is 0 Å². The van der Waals surface area contributed by atoms with Crippen molar-refractivity contribution in [2.45, 2.75) is 13.0 Å². The van der Waals surface area contributed by atoms with Crippen molar-refractivity contribution in [2.75, 3.05) is 0 Å². The van der Waals surface area contributed by atoms with E-state index in [1.54, 1.807) is 24.5 Å². The van der Waals surface area contributed by atoms with Crippen LogP contribution >= 0.6 is 0 Å². The monoisotopic (exact) mass is 326 g/mol. The molecule has 1 amide bonds. The van der Waals surface area contributed by atoms with Gasteiger partial charge in [0.05, 0.1) is 6.04 Å². The molecule has 0 fully saturated rings. The highest BCUT2D eigenvalue weighted by atomic mass is 16.1. The Labute approximate surface area is 147 Å². The van der Waals surface area contributed by atoms with Crippen LogP contribution in [-0.4, -0.2) is 10.9 Å². The Morgan fingerprint density at radius 2 is 1.60 bits per heavy atom. The van der Waals surface area contributed by atoms with Gasteiger partial charge in [-0.3, -0.25) is 9.78 Å². The van der Waals surface area contributed by atoms with E-state index in [0.717, 1.165) is 16.7 Å². The summed E-state index contributed by atoms with van der Waals surface area (Å²) < 4.78 is 0. The molecule has 3 nitrogen and oxygen atoms in total. The molecule has 3 heteroatoms. The molecule has 1 unspecified atom stereocenters. The average Bonchev–Trinajstić information content (AvgIpc) is 2.68. The first-order chi connectivity index (χ1) is 12.2. The van der Waals surface area contributed by atoms with Crippen LogP contribution in [0.2, 0.25) is 0 Å². The maximum absolute atomic E-state index is 12.4. The third-order valence-electron chi connectivity index (χ3n) is 3.80. The molecule has 2 aromatic carbocycles. The van der Waals surface area contributed by atoms with Crippen LogP contribution < -0.4 is 5.32 Å². The zero-order chi connectivity index (χ0) is 17.5. The highest BCUT2D eigenvalue weighted by molar-refractivity contribution is 5.94. The van der Waals surface area contributed by atoms with Crippen LogP contribution in [0.15, 0.2) is 79.1 Å². The van der Waals surface area contributed by atoms with E-state index in [-0.39, 0.29) is 11.9 Å². The number of hydrogen-bond donors (Lipinski definition) is 1. The van der Waals surface area contributed by atoms with Crippen molar-refractivity contribution < 1.29 is 4.79 Å². The first kappa shape index (κ1) is 16.5. The van der Waals surface area contributed by atoms with Crippen molar-refractivity contribution in [3.8, 4) is 11.8 Å². The van der Waals surface area contributed by atoms with Gasteiger partial charge in [-0.15, -0.1) is 0 Å². The fourth-order valence-electron chi connectivity index (χ4n) is 2.37. The van der Waals surface area contributed by atoms with Crippen molar-refractivity contribution >= 4 is 5.91 Å². The molecule has 0 radical (unpaired) electrons. The lowest BCUT2D eigenvalue weighted by atomic mass is 10.1. The number of nitrogens with zero attached hydrogens (tertiary/aromatic N) is 1. The van der Waals surface area contributed by atoms with Crippen molar-refractivity contribution in [1.82, 2.24) is 10.3 Å². The predicted molar refractivity (Wildman–Crippen MR) is 99.0 cm³/mol. The fourth-order valence-corrected chi connectivity index (χ4v) is 2.37. The van der Waals surface area contributed by atoms with Gasteiger partial charge in [0.1, 0.15) is 0 Å². The van der Waals surface area contributed by atoms with Crippen LogP contribution in [0.3, 0.4) is 0 Å². The Morgan fingerprint density at radius 3 is 2.24 bits per heavy atom. The van der Waals surface area contributed by atoms with Crippen molar-refractivity contribution in [2.24, 2.45) is 0 Å². The summed E-state index contributed by atoms with van der Waals surface area (Å²) >= 11 is 0. The van der Waals surface area contributed by atoms with Crippen molar-refractivity contribution in [3.63, 3.8) is 0 Å². The molecule has 0 saturated heterocycles. The summed E-state index contributed by atoms with van der Waals surface area (Å²) in [4.78, 5) is 16.4. The smallest absolute Gasteiger partial charge is 0.251 e. The van der Waals surface area contributed by atoms with Gasteiger partial charge in [0, 0.05) is 29.1 Å². The Hall–Kier alpha value is -3.38. The molecular weight excluding hydrogens is 308 g/mol. The summed E-state index contributed by atoms with van der Waals surface area (Å²) in [5.41, 5.74) is 3.43. The quantitative estimate of drug-likeness (QED) is 0.740. The predicted octanol–water partition coefficient (Wildman–Crippen LogP) is 3.97. The second-order valence-electron chi connectivity index (χ2n) is 5.67. The van der Waals surface area contributed by atoms with Gasteiger partial charge < -0.3 is 5.32 Å². The second-order valence-corrected chi connectivity index (χ2v) is 5.67. The summed E-state index contributed by atoms with van der Waals surface area (Å²) in [5.74, 6) is 6.10. The van der Waals surface area contributed by atoms with Crippen molar-refractivity contribution in [1.29, 1.82) is 0 Å². The molecule has 1 aromatic heterocycles. The minimum atomic E-state index is -0.112. The molecule has 1 heterocycles. The highest BCUT2D eigenvalue weighted by Gasteiger charge is 2.11. The van der Waals surface area contributed by atoms with Gasteiger partial charge in [-0.2, -0.15) is 0 Å². The maximum Gasteiger partial charge on any atom is 0.251 e. The molecular formula is C22H18N2O. The number of benzene rings is 2. The van der Waals surface area contributed by atoms with Gasteiger partial charge >= 0.3 is 0 Å². The fraction of sp³-hybridized carbons (Fsp3) is 0.0909. The maximum atomic E-state index is 12.4. The van der Waals surface area contributed by atoms with E-state index in [1.807, 2.05) is 61.5 Å². The zero-order valence-electron chi connectivity index (χ0n) is 13.9. The van der Waals surface area contributed by atoms with E-state index in [9.17, 15) is 4.79 Å². The van der Waals surface area contributed by atoms with Gasteiger partial charge in [0.25, 0.3) is 5.91 Å². The summed E-state index contributed by atoms with van der Waals surface area (Å²) in [7, 11) is 0. The number of nitrogens with one attached hydrogen (secondary N) is 1. The number of aromatic nitrogens is 1. The standard InChI is InChI=1S/C22H18N2O/c1-17(21-8-5-15-23-16-21)24-22(25)20-13-11-19(12-14-20)10-9-18-6-3-2-4-7-18/h2-8,11-17H,1H3,(H,24,25). The van der Waals surface area contributed by atoms with Crippen molar-refractivity contribution in [3.05, 3.63) is 101 Å². The molecule has 0 saturated carbocycles. The number of amides is 1. The van der Waals surface area contributed by atoms with E-state index < -0.39 is 0 Å². The summed E-state index contributed by atoms with van der Waals surface area (Å²) in [6.45, 7) is 1.94. The molecule has 3 rings (SSSR count). The Morgan fingerprint density at radius 1 is 0.920 bits per heavy atom. The third kappa shape index (κ3) is 4.55. The third-order valence-corrected chi connectivity index (χ3v) is 3.80. The van der Waals surface area contributed by atoms with Gasteiger partial charge in [0.15, 0.2) is 0 Å². The molecule has 0 spiro atoms. The van der Waals surface area contributed by atoms with Crippen LogP contribution in [0, 0.1) is 11.8 Å². The molecule has 1 atom stereocenters. The summed E-state index contributed by atoms with van der Waals surface area (Å²) in [5, 5.41) is 2.97. The number of rotatable bonds is 3. The molecule has 0 aliphatic heterocycles. The number of carbonyl (C=O) groups is 1. The van der Waals surface area contributed by atoms with E-state index in [0.29, 0.717) is 5.56 Å². The van der Waals surface area contributed by atoms with Crippen LogP contribution in [0.4, 0.5) is 0 Å². The lowest BCUT2D eigenvalue weighted by Gasteiger charge is -2.13. The highest BCUT2D eigenvalue weighted by Crippen LogP contribution is 2.12. The van der Waals surface area contributed by atoms with E-state index in [2.05, 4.69) is 22.1 Å². The number of carbonyl (C=O) groups excluding carboxylic acids is 1. The summed E-state index contributed by atoms with van der Waals surface area (Å²) in [6.07, 6.45) is 3.47. The van der Waals surface area contributed by atoms with Gasteiger partial charge in [-0.25, -0.2) is 0 Å². The van der Waals surface area contributed by atoms with Gasteiger partial charge in [-0.05, 0) is 55.0 Å². The minimum absolute atomic E-state index is 0.0984. The Balaban J connectivity index is 1.66. The zero-order valence-corrected chi connectivity index (χ0v) is 13.9. The molecule has 0 bridgehead atoms. The van der Waals surface area contributed by atoms with E-state index in [4.69, 9.17) is 0 Å². The normalized spacial score (nSPS) is 11.1. The second kappa shape index (κ2) is 7.94. The van der Waals surface area contributed by atoms with Crippen LogP contribution in [0.1, 0.15) is 40.0 Å². The minimum Gasteiger partial charge on any atom is -0.345 e. The molecule has 0 aliphatic rings. The number of hydrogen-bond acceptors (Lipinski definition) is 2. The molecule has 1 N–H and O–H groups in total. The first-order valence-electron chi connectivity index (χ1n) is 8.10. The molecule has 122 valence electrons. The number of pyridine rings is 1. The Kier molecular flexibility index (Phi) is 5.23. The van der Waals surface area contributed by atoms with Crippen LogP contribution in [0.5, 0.6) is 0 Å². The van der Waals surface area contributed by atoms with E-state index >= 15 is 0 Å². The average molecular weight is 326 g/mol. The molecule has 3 aromatic rings. The SMILES string of the molecule is CC(NC(=O)c1ccc(C#Cc2ccccc2)cc1)c1cccnc1. The first-order valence-corrected chi connectivity index (χ1v) is 8.10. The van der Waals surface area contributed by atoms with Gasteiger partial charge in [0.2, 0.25) is 0 Å². The molecule has 25 heavy (non-hydrogen) atoms. The lowest BCUT2D eigenvalue weighted by molar-refractivity contribution is 0.0940. The largest absolute Gasteiger partial charge is 0.345 e. The van der Waals surface area contributed by atoms with E-state index in [1.165, 1.54) is 0 Å². The summed E-state index contributed by atoms with van der Waals surface area (Å²) in [6, 6.07) is 20.8.